The van der Waals surface area contributed by atoms with Gasteiger partial charge in [0, 0.05) is 26.8 Å². The molecule has 1 aliphatic heterocycles. The minimum absolute atomic E-state index is 0. The summed E-state index contributed by atoms with van der Waals surface area (Å²) in [6.07, 6.45) is 4.26. The number of amides is 1. The topological polar surface area (TPSA) is 55.6 Å². The average Bonchev–Trinajstić information content (AvgIpc) is 2.43. The molecule has 0 bridgehead atoms. The minimum Gasteiger partial charge on any atom is -0.381 e. The zero-order valence-electron chi connectivity index (χ0n) is 12.4. The Morgan fingerprint density at radius 1 is 1.42 bits per heavy atom. The number of ether oxygens (including phenoxy) is 1. The summed E-state index contributed by atoms with van der Waals surface area (Å²) in [6.45, 7) is 6.66. The molecule has 0 saturated carbocycles. The van der Waals surface area contributed by atoms with Crippen molar-refractivity contribution in [3.63, 3.8) is 0 Å². The van der Waals surface area contributed by atoms with Crippen LogP contribution >= 0.6 is 12.4 Å². The van der Waals surface area contributed by atoms with Gasteiger partial charge in [0.25, 0.3) is 0 Å². The van der Waals surface area contributed by atoms with Gasteiger partial charge in [0.05, 0.1) is 6.04 Å². The van der Waals surface area contributed by atoms with E-state index in [1.807, 2.05) is 14.0 Å². The fraction of sp³-hybridized carbons (Fsp3) is 0.929. The van der Waals surface area contributed by atoms with Crippen molar-refractivity contribution in [2.75, 3.05) is 26.8 Å². The number of halogens is 1. The van der Waals surface area contributed by atoms with E-state index in [0.29, 0.717) is 5.92 Å². The van der Waals surface area contributed by atoms with Crippen LogP contribution < -0.4 is 5.73 Å². The van der Waals surface area contributed by atoms with Crippen molar-refractivity contribution in [1.82, 2.24) is 4.90 Å². The van der Waals surface area contributed by atoms with Gasteiger partial charge in [-0.1, -0.05) is 20.3 Å². The van der Waals surface area contributed by atoms with Gasteiger partial charge in [-0.2, -0.15) is 0 Å². The molecule has 0 radical (unpaired) electrons. The number of hydrogen-bond acceptors (Lipinski definition) is 3. The van der Waals surface area contributed by atoms with E-state index < -0.39 is 0 Å². The Morgan fingerprint density at radius 2 is 2.00 bits per heavy atom. The van der Waals surface area contributed by atoms with E-state index in [9.17, 15) is 4.79 Å². The van der Waals surface area contributed by atoms with Gasteiger partial charge in [-0.25, -0.2) is 0 Å². The third-order valence-corrected chi connectivity index (χ3v) is 4.13. The van der Waals surface area contributed by atoms with E-state index in [1.54, 1.807) is 4.90 Å². The highest BCUT2D eigenvalue weighted by molar-refractivity contribution is 5.85. The molecule has 1 fully saturated rings. The van der Waals surface area contributed by atoms with Crippen LogP contribution in [0.25, 0.3) is 0 Å². The smallest absolute Gasteiger partial charge is 0.239 e. The molecule has 1 amide bonds. The van der Waals surface area contributed by atoms with Crippen LogP contribution in [0, 0.1) is 11.8 Å². The third-order valence-electron chi connectivity index (χ3n) is 4.13. The summed E-state index contributed by atoms with van der Waals surface area (Å²) < 4.78 is 5.34. The lowest BCUT2D eigenvalue weighted by molar-refractivity contribution is -0.132. The summed E-state index contributed by atoms with van der Waals surface area (Å²) in [5, 5.41) is 0. The van der Waals surface area contributed by atoms with Gasteiger partial charge in [-0.15, -0.1) is 12.4 Å². The molecule has 1 aliphatic rings. The molecule has 1 heterocycles. The van der Waals surface area contributed by atoms with Crippen LogP contribution in [-0.4, -0.2) is 43.7 Å². The maximum atomic E-state index is 12.1. The highest BCUT2D eigenvalue weighted by Gasteiger charge is 2.23. The highest BCUT2D eigenvalue weighted by Crippen LogP contribution is 2.19. The molecule has 5 heteroatoms. The van der Waals surface area contributed by atoms with Crippen LogP contribution in [0.15, 0.2) is 0 Å². The normalized spacial score (nSPS) is 19.4. The number of carbonyl (C=O) groups excluding carboxylic acids is 1. The molecule has 0 aromatic rings. The van der Waals surface area contributed by atoms with Gasteiger partial charge < -0.3 is 15.4 Å². The Balaban J connectivity index is 0.00000324. The second-order valence-electron chi connectivity index (χ2n) is 5.52. The van der Waals surface area contributed by atoms with E-state index >= 15 is 0 Å². The number of nitrogens with zero attached hydrogens (tertiary/aromatic N) is 1. The summed E-state index contributed by atoms with van der Waals surface area (Å²) >= 11 is 0. The monoisotopic (exact) mass is 292 g/mol. The Morgan fingerprint density at radius 3 is 2.53 bits per heavy atom. The van der Waals surface area contributed by atoms with Crippen molar-refractivity contribution in [2.24, 2.45) is 17.6 Å². The Labute approximate surface area is 123 Å². The second kappa shape index (κ2) is 9.56. The zero-order valence-corrected chi connectivity index (χ0v) is 13.2. The Kier molecular flexibility index (Phi) is 9.40. The van der Waals surface area contributed by atoms with E-state index in [-0.39, 0.29) is 30.3 Å². The van der Waals surface area contributed by atoms with E-state index in [4.69, 9.17) is 10.5 Å². The Bertz CT molecular complexity index is 258. The van der Waals surface area contributed by atoms with E-state index in [0.717, 1.165) is 45.4 Å². The molecule has 19 heavy (non-hydrogen) atoms. The molecule has 2 N–H and O–H groups in total. The molecule has 1 rings (SSSR count). The van der Waals surface area contributed by atoms with Crippen molar-refractivity contribution in [3.8, 4) is 0 Å². The molecule has 2 unspecified atom stereocenters. The fourth-order valence-electron chi connectivity index (χ4n) is 2.27. The van der Waals surface area contributed by atoms with Crippen LogP contribution in [0.4, 0.5) is 0 Å². The molecule has 0 aromatic carbocycles. The maximum absolute atomic E-state index is 12.1. The first-order valence-electron chi connectivity index (χ1n) is 7.14. The Hall–Kier alpha value is -0.320. The number of likely N-dealkylation sites (N-methyl/N-ethyl adjacent to an activating group) is 1. The number of hydrogen-bond donors (Lipinski definition) is 1. The predicted octanol–water partition coefficient (Wildman–Crippen LogP) is 2.06. The minimum atomic E-state index is -0.352. The third kappa shape index (κ3) is 6.11. The molecule has 2 atom stereocenters. The van der Waals surface area contributed by atoms with Crippen molar-refractivity contribution in [2.45, 2.75) is 45.6 Å². The number of nitrogens with two attached hydrogens (primary N) is 1. The largest absolute Gasteiger partial charge is 0.381 e. The first-order chi connectivity index (χ1) is 8.56. The molecule has 0 aliphatic carbocycles. The lowest BCUT2D eigenvalue weighted by Gasteiger charge is -2.27. The molecular weight excluding hydrogens is 264 g/mol. The summed E-state index contributed by atoms with van der Waals surface area (Å²) in [4.78, 5) is 13.9. The van der Waals surface area contributed by atoms with E-state index in [2.05, 4.69) is 6.92 Å². The van der Waals surface area contributed by atoms with Crippen molar-refractivity contribution >= 4 is 18.3 Å². The van der Waals surface area contributed by atoms with Gasteiger partial charge in [0.15, 0.2) is 0 Å². The summed E-state index contributed by atoms with van der Waals surface area (Å²) in [6, 6.07) is -0.352. The molecule has 4 nitrogen and oxygen atoms in total. The average molecular weight is 293 g/mol. The van der Waals surface area contributed by atoms with Gasteiger partial charge >= 0.3 is 0 Å². The summed E-state index contributed by atoms with van der Waals surface area (Å²) in [5.41, 5.74) is 5.97. The SMILES string of the molecule is CCC(C)C(N)C(=O)N(C)CCC1CCOCC1.Cl. The zero-order chi connectivity index (χ0) is 13.5. The van der Waals surface area contributed by atoms with Crippen LogP contribution in [0.3, 0.4) is 0 Å². The molecule has 1 saturated heterocycles. The second-order valence-corrected chi connectivity index (χ2v) is 5.52. The fourth-order valence-corrected chi connectivity index (χ4v) is 2.27. The van der Waals surface area contributed by atoms with E-state index in [1.165, 1.54) is 0 Å². The summed E-state index contributed by atoms with van der Waals surface area (Å²) in [7, 11) is 1.86. The first-order valence-corrected chi connectivity index (χ1v) is 7.14. The van der Waals surface area contributed by atoms with Gasteiger partial charge in [0.1, 0.15) is 0 Å². The lowest BCUT2D eigenvalue weighted by atomic mass is 9.95. The number of rotatable bonds is 6. The van der Waals surface area contributed by atoms with Crippen molar-refractivity contribution in [1.29, 1.82) is 0 Å². The van der Waals surface area contributed by atoms with Crippen molar-refractivity contribution in [3.05, 3.63) is 0 Å². The molecule has 114 valence electrons. The maximum Gasteiger partial charge on any atom is 0.239 e. The summed E-state index contributed by atoms with van der Waals surface area (Å²) in [5.74, 6) is 1.04. The van der Waals surface area contributed by atoms with Crippen LogP contribution in [0.2, 0.25) is 0 Å². The molecule has 0 aromatic heterocycles. The van der Waals surface area contributed by atoms with Gasteiger partial charge in [-0.3, -0.25) is 4.79 Å². The van der Waals surface area contributed by atoms with Crippen LogP contribution in [0.1, 0.15) is 39.5 Å². The first kappa shape index (κ1) is 18.7. The van der Waals surface area contributed by atoms with Crippen molar-refractivity contribution < 1.29 is 9.53 Å². The van der Waals surface area contributed by atoms with Gasteiger partial charge in [0.2, 0.25) is 5.91 Å². The molecular formula is C14H29ClN2O2. The molecule has 0 spiro atoms. The predicted molar refractivity (Wildman–Crippen MR) is 80.5 cm³/mol. The quantitative estimate of drug-likeness (QED) is 0.815. The van der Waals surface area contributed by atoms with Crippen LogP contribution in [-0.2, 0) is 9.53 Å². The highest BCUT2D eigenvalue weighted by atomic mass is 35.5. The van der Waals surface area contributed by atoms with Gasteiger partial charge in [-0.05, 0) is 31.1 Å². The lowest BCUT2D eigenvalue weighted by Crippen LogP contribution is -2.46. The standard InChI is InChI=1S/C14H28N2O2.ClH/c1-4-11(2)13(15)14(17)16(3)8-5-12-6-9-18-10-7-12;/h11-13H,4-10,15H2,1-3H3;1H. The van der Waals surface area contributed by atoms with Crippen LogP contribution in [0.5, 0.6) is 0 Å². The number of carbonyl (C=O) groups is 1.